The van der Waals surface area contributed by atoms with E-state index < -0.39 is 0 Å². The third-order valence-electron chi connectivity index (χ3n) is 3.77. The van der Waals surface area contributed by atoms with Crippen molar-refractivity contribution in [2.45, 2.75) is 46.5 Å². The molecule has 0 spiro atoms. The number of aliphatic imine (C=N–C) groups is 1. The smallest absolute Gasteiger partial charge is 0.193 e. The van der Waals surface area contributed by atoms with Gasteiger partial charge >= 0.3 is 0 Å². The second kappa shape index (κ2) is 12.5. The van der Waals surface area contributed by atoms with Crippen molar-refractivity contribution in [2.24, 2.45) is 16.8 Å². The van der Waals surface area contributed by atoms with Crippen LogP contribution in [0.3, 0.4) is 0 Å². The van der Waals surface area contributed by atoms with Crippen LogP contribution in [-0.4, -0.2) is 50.8 Å². The van der Waals surface area contributed by atoms with E-state index in [9.17, 15) is 0 Å². The van der Waals surface area contributed by atoms with Gasteiger partial charge in [0.15, 0.2) is 5.96 Å². The second-order valence-electron chi connectivity index (χ2n) is 6.17. The number of unbranched alkanes of at least 4 members (excludes halogenated alkanes) is 1. The molecule has 0 aromatic carbocycles. The molecule has 1 heterocycles. The Balaban J connectivity index is 0.00000400. The average molecular weight is 411 g/mol. The maximum absolute atomic E-state index is 5.57. The summed E-state index contributed by atoms with van der Waals surface area (Å²) in [6.45, 7) is 11.6. The van der Waals surface area contributed by atoms with Gasteiger partial charge in [-0.3, -0.25) is 4.99 Å². The fourth-order valence-corrected chi connectivity index (χ4v) is 2.80. The van der Waals surface area contributed by atoms with Crippen molar-refractivity contribution in [3.63, 3.8) is 0 Å². The van der Waals surface area contributed by atoms with Gasteiger partial charge in [-0.05, 0) is 31.1 Å². The van der Waals surface area contributed by atoms with E-state index in [1.165, 1.54) is 19.3 Å². The van der Waals surface area contributed by atoms with Crippen LogP contribution in [0, 0.1) is 11.8 Å². The van der Waals surface area contributed by atoms with E-state index in [2.05, 4.69) is 36.0 Å². The lowest BCUT2D eigenvalue weighted by molar-refractivity contribution is 0.135. The molecule has 0 bridgehead atoms. The zero-order chi connectivity index (χ0) is 14.8. The fraction of sp³-hybridized carbons (Fsp3) is 0.938. The molecular weight excluding hydrogens is 377 g/mol. The van der Waals surface area contributed by atoms with Crippen molar-refractivity contribution >= 4 is 29.9 Å². The SMILES string of the molecule is CCCCOCCNC(=NC)N1CCC(CC(C)C)C1.I. The van der Waals surface area contributed by atoms with Crippen molar-refractivity contribution in [2.75, 3.05) is 39.9 Å². The van der Waals surface area contributed by atoms with Crippen LogP contribution >= 0.6 is 24.0 Å². The molecule has 4 nitrogen and oxygen atoms in total. The number of guanidine groups is 1. The minimum atomic E-state index is 0. The largest absolute Gasteiger partial charge is 0.380 e. The van der Waals surface area contributed by atoms with E-state index in [1.54, 1.807) is 0 Å². The Hall–Kier alpha value is -0.0400. The molecule has 0 saturated carbocycles. The van der Waals surface area contributed by atoms with E-state index in [1.807, 2.05) is 7.05 Å². The molecule has 1 rings (SSSR count). The lowest BCUT2D eigenvalue weighted by Crippen LogP contribution is -2.41. The van der Waals surface area contributed by atoms with Gasteiger partial charge in [0, 0.05) is 33.3 Å². The summed E-state index contributed by atoms with van der Waals surface area (Å²) in [5, 5.41) is 3.41. The van der Waals surface area contributed by atoms with Crippen LogP contribution in [0.4, 0.5) is 0 Å². The van der Waals surface area contributed by atoms with Crippen molar-refractivity contribution in [1.29, 1.82) is 0 Å². The van der Waals surface area contributed by atoms with E-state index >= 15 is 0 Å². The first-order valence-corrected chi connectivity index (χ1v) is 8.20. The second-order valence-corrected chi connectivity index (χ2v) is 6.17. The molecule has 1 saturated heterocycles. The summed E-state index contributed by atoms with van der Waals surface area (Å²) in [6, 6.07) is 0. The highest BCUT2D eigenvalue weighted by Crippen LogP contribution is 2.23. The van der Waals surface area contributed by atoms with E-state index in [0.717, 1.165) is 57.1 Å². The predicted octanol–water partition coefficient (Wildman–Crippen LogP) is 3.36. The van der Waals surface area contributed by atoms with E-state index in [0.29, 0.717) is 0 Å². The monoisotopic (exact) mass is 411 g/mol. The molecule has 1 N–H and O–H groups in total. The first kappa shape index (κ1) is 21.0. The fourth-order valence-electron chi connectivity index (χ4n) is 2.80. The highest BCUT2D eigenvalue weighted by Gasteiger charge is 2.25. The van der Waals surface area contributed by atoms with Gasteiger partial charge in [-0.2, -0.15) is 0 Å². The van der Waals surface area contributed by atoms with Crippen molar-refractivity contribution in [3.8, 4) is 0 Å². The van der Waals surface area contributed by atoms with Crippen LogP contribution in [0.1, 0.15) is 46.5 Å². The maximum atomic E-state index is 5.57. The van der Waals surface area contributed by atoms with Crippen LogP contribution in [0.2, 0.25) is 0 Å². The molecule has 1 aliphatic rings. The summed E-state index contributed by atoms with van der Waals surface area (Å²) in [5.41, 5.74) is 0. The number of nitrogens with one attached hydrogen (secondary N) is 1. The van der Waals surface area contributed by atoms with Crippen LogP contribution in [0.15, 0.2) is 4.99 Å². The summed E-state index contributed by atoms with van der Waals surface area (Å²) in [7, 11) is 1.87. The van der Waals surface area contributed by atoms with Crippen LogP contribution in [0.25, 0.3) is 0 Å². The third kappa shape index (κ3) is 8.86. The summed E-state index contributed by atoms with van der Waals surface area (Å²) in [5.74, 6) is 2.66. The zero-order valence-corrected chi connectivity index (χ0v) is 16.6. The Morgan fingerprint density at radius 1 is 1.38 bits per heavy atom. The molecule has 0 aromatic heterocycles. The molecule has 1 atom stereocenters. The Morgan fingerprint density at radius 2 is 2.14 bits per heavy atom. The van der Waals surface area contributed by atoms with Gasteiger partial charge < -0.3 is 15.0 Å². The number of hydrogen-bond acceptors (Lipinski definition) is 2. The van der Waals surface area contributed by atoms with Gasteiger partial charge in [0.25, 0.3) is 0 Å². The minimum Gasteiger partial charge on any atom is -0.380 e. The lowest BCUT2D eigenvalue weighted by atomic mass is 9.97. The molecule has 0 radical (unpaired) electrons. The quantitative estimate of drug-likeness (QED) is 0.288. The molecule has 5 heteroatoms. The number of ether oxygens (including phenoxy) is 1. The maximum Gasteiger partial charge on any atom is 0.193 e. The normalized spacial score (nSPS) is 19.0. The Bertz CT molecular complexity index is 285. The third-order valence-corrected chi connectivity index (χ3v) is 3.77. The highest BCUT2D eigenvalue weighted by molar-refractivity contribution is 14.0. The van der Waals surface area contributed by atoms with Crippen LogP contribution < -0.4 is 5.32 Å². The number of nitrogens with zero attached hydrogens (tertiary/aromatic N) is 2. The van der Waals surface area contributed by atoms with Crippen LogP contribution in [-0.2, 0) is 4.74 Å². The highest BCUT2D eigenvalue weighted by atomic mass is 127. The van der Waals surface area contributed by atoms with Gasteiger partial charge in [0.1, 0.15) is 0 Å². The minimum absolute atomic E-state index is 0. The standard InChI is InChI=1S/C16H33N3O.HI/c1-5-6-10-20-11-8-18-16(17-4)19-9-7-15(13-19)12-14(2)3;/h14-15H,5-13H2,1-4H3,(H,17,18);1H. The van der Waals surface area contributed by atoms with Crippen LogP contribution in [0.5, 0.6) is 0 Å². The predicted molar refractivity (Wildman–Crippen MR) is 102 cm³/mol. The molecule has 0 aromatic rings. The lowest BCUT2D eigenvalue weighted by Gasteiger charge is -2.22. The molecule has 1 unspecified atom stereocenters. The first-order valence-electron chi connectivity index (χ1n) is 8.20. The van der Waals surface area contributed by atoms with E-state index in [-0.39, 0.29) is 24.0 Å². The Kier molecular flexibility index (Phi) is 12.5. The Labute approximate surface area is 148 Å². The van der Waals surface area contributed by atoms with Gasteiger partial charge in [0.2, 0.25) is 0 Å². The summed E-state index contributed by atoms with van der Waals surface area (Å²) >= 11 is 0. The molecule has 0 amide bonds. The average Bonchev–Trinajstić information content (AvgIpc) is 2.85. The zero-order valence-electron chi connectivity index (χ0n) is 14.2. The van der Waals surface area contributed by atoms with Gasteiger partial charge in [-0.1, -0.05) is 27.2 Å². The van der Waals surface area contributed by atoms with E-state index in [4.69, 9.17) is 4.74 Å². The first-order chi connectivity index (χ1) is 9.67. The molecular formula is C16H34IN3O. The Morgan fingerprint density at radius 3 is 2.76 bits per heavy atom. The topological polar surface area (TPSA) is 36.9 Å². The van der Waals surface area contributed by atoms with Gasteiger partial charge in [-0.25, -0.2) is 0 Å². The summed E-state index contributed by atoms with van der Waals surface area (Å²) < 4.78 is 5.57. The number of hydrogen-bond donors (Lipinski definition) is 1. The van der Waals surface area contributed by atoms with Crippen molar-refractivity contribution in [3.05, 3.63) is 0 Å². The molecule has 1 aliphatic heterocycles. The van der Waals surface area contributed by atoms with Crippen molar-refractivity contribution in [1.82, 2.24) is 10.2 Å². The number of likely N-dealkylation sites (tertiary alicyclic amines) is 1. The number of halogens is 1. The molecule has 1 fully saturated rings. The summed E-state index contributed by atoms with van der Waals surface area (Å²) in [4.78, 5) is 6.78. The molecule has 126 valence electrons. The summed E-state index contributed by atoms with van der Waals surface area (Å²) in [6.07, 6.45) is 4.97. The van der Waals surface area contributed by atoms with Crippen molar-refractivity contribution < 1.29 is 4.74 Å². The molecule has 0 aliphatic carbocycles. The van der Waals surface area contributed by atoms with Gasteiger partial charge in [0.05, 0.1) is 6.61 Å². The molecule has 21 heavy (non-hydrogen) atoms. The number of rotatable bonds is 8. The van der Waals surface area contributed by atoms with Gasteiger partial charge in [-0.15, -0.1) is 24.0 Å².